The monoisotopic (exact) mass is 341 g/mol. The number of carbonyl (C=O) groups excluding carboxylic acids is 1. The van der Waals surface area contributed by atoms with Gasteiger partial charge in [-0.25, -0.2) is 0 Å². The first kappa shape index (κ1) is 15.7. The van der Waals surface area contributed by atoms with Crippen LogP contribution >= 0.6 is 0 Å². The average molecular weight is 341 g/mol. The number of hydrogen-bond donors (Lipinski definition) is 1. The van der Waals surface area contributed by atoms with E-state index in [2.05, 4.69) is 11.4 Å². The quantitative estimate of drug-likeness (QED) is 0.589. The highest BCUT2D eigenvalue weighted by Gasteiger charge is 2.24. The number of rotatable bonds is 3. The summed E-state index contributed by atoms with van der Waals surface area (Å²) in [5.41, 5.74) is 1.14. The van der Waals surface area contributed by atoms with Gasteiger partial charge in [-0.2, -0.15) is 5.26 Å². The van der Waals surface area contributed by atoms with Crippen LogP contribution in [-0.2, 0) is 0 Å². The number of aryl methyl sites for hydroxylation is 1. The van der Waals surface area contributed by atoms with E-state index in [4.69, 9.17) is 4.42 Å². The maximum atomic E-state index is 12.8. The van der Waals surface area contributed by atoms with E-state index in [-0.39, 0.29) is 17.0 Å². The molecule has 0 atom stereocenters. The number of fused-ring (bicyclic) bond motifs is 1. The Morgan fingerprint density at radius 1 is 1.08 bits per heavy atom. The van der Waals surface area contributed by atoms with Crippen molar-refractivity contribution < 1.29 is 9.21 Å². The normalized spacial score (nSPS) is 10.6. The van der Waals surface area contributed by atoms with Crippen LogP contribution in [0.3, 0.4) is 0 Å². The van der Waals surface area contributed by atoms with Gasteiger partial charge in [0.25, 0.3) is 5.91 Å². The van der Waals surface area contributed by atoms with Gasteiger partial charge in [0.1, 0.15) is 23.0 Å². The Bertz CT molecular complexity index is 1150. The molecule has 0 saturated heterocycles. The third-order valence-corrected chi connectivity index (χ3v) is 4.25. The van der Waals surface area contributed by atoms with Crippen molar-refractivity contribution in [3.05, 3.63) is 83.9 Å². The van der Waals surface area contributed by atoms with Crippen molar-refractivity contribution in [3.8, 4) is 12.0 Å². The van der Waals surface area contributed by atoms with Crippen molar-refractivity contribution in [2.75, 3.05) is 5.32 Å². The van der Waals surface area contributed by atoms with Gasteiger partial charge in [0, 0.05) is 18.1 Å². The Morgan fingerprint density at radius 2 is 1.81 bits per heavy atom. The third kappa shape index (κ3) is 2.64. The van der Waals surface area contributed by atoms with Crippen LogP contribution in [0, 0.1) is 18.3 Å². The van der Waals surface area contributed by atoms with Crippen molar-refractivity contribution >= 4 is 22.4 Å². The molecule has 5 nitrogen and oxygen atoms in total. The molecule has 2 aromatic carbocycles. The lowest BCUT2D eigenvalue weighted by atomic mass is 10.1. The summed E-state index contributed by atoms with van der Waals surface area (Å²) in [6.45, 7) is 1.68. The SMILES string of the molecule is Cc1oc(-n2cccc2)c(C#N)c1C(=O)Nc1ccc2ccccc2c1. The lowest BCUT2D eigenvalue weighted by Crippen LogP contribution is -2.13. The number of aromatic nitrogens is 1. The van der Waals surface area contributed by atoms with Crippen molar-refractivity contribution in [1.29, 1.82) is 5.26 Å². The highest BCUT2D eigenvalue weighted by molar-refractivity contribution is 6.08. The van der Waals surface area contributed by atoms with Crippen LogP contribution in [0.25, 0.3) is 16.7 Å². The molecule has 5 heteroatoms. The summed E-state index contributed by atoms with van der Waals surface area (Å²) in [6, 6.07) is 19.4. The average Bonchev–Trinajstić information content (AvgIpc) is 3.28. The summed E-state index contributed by atoms with van der Waals surface area (Å²) in [4.78, 5) is 12.8. The number of nitrogens with zero attached hydrogens (tertiary/aromatic N) is 2. The molecule has 4 aromatic rings. The number of anilines is 1. The second-order valence-corrected chi connectivity index (χ2v) is 5.93. The molecule has 0 unspecified atom stereocenters. The molecule has 0 spiro atoms. The Balaban J connectivity index is 1.71. The predicted molar refractivity (Wildman–Crippen MR) is 99.4 cm³/mol. The zero-order valence-corrected chi connectivity index (χ0v) is 14.1. The lowest BCUT2D eigenvalue weighted by molar-refractivity contribution is 0.102. The molecule has 1 N–H and O–H groups in total. The number of carbonyl (C=O) groups is 1. The Morgan fingerprint density at radius 3 is 2.54 bits per heavy atom. The van der Waals surface area contributed by atoms with E-state index in [1.807, 2.05) is 54.6 Å². The lowest BCUT2D eigenvalue weighted by Gasteiger charge is -2.06. The maximum Gasteiger partial charge on any atom is 0.260 e. The molecular weight excluding hydrogens is 326 g/mol. The molecule has 26 heavy (non-hydrogen) atoms. The van der Waals surface area contributed by atoms with Gasteiger partial charge >= 0.3 is 0 Å². The topological polar surface area (TPSA) is 71.0 Å². The Kier molecular flexibility index (Phi) is 3.79. The van der Waals surface area contributed by atoms with Gasteiger partial charge in [-0.1, -0.05) is 30.3 Å². The summed E-state index contributed by atoms with van der Waals surface area (Å²) >= 11 is 0. The van der Waals surface area contributed by atoms with Gasteiger partial charge in [-0.3, -0.25) is 9.36 Å². The molecule has 0 fully saturated rings. The molecule has 2 heterocycles. The number of furan rings is 1. The number of amides is 1. The molecule has 4 rings (SSSR count). The molecule has 0 radical (unpaired) electrons. The molecule has 0 bridgehead atoms. The summed E-state index contributed by atoms with van der Waals surface area (Å²) in [6.07, 6.45) is 3.54. The van der Waals surface area contributed by atoms with E-state index in [0.717, 1.165) is 10.8 Å². The first-order valence-corrected chi connectivity index (χ1v) is 8.14. The smallest absolute Gasteiger partial charge is 0.260 e. The molecule has 0 saturated carbocycles. The summed E-state index contributed by atoms with van der Waals surface area (Å²) in [5.74, 6) is 0.388. The highest BCUT2D eigenvalue weighted by atomic mass is 16.4. The van der Waals surface area contributed by atoms with E-state index >= 15 is 0 Å². The largest absolute Gasteiger partial charge is 0.443 e. The van der Waals surface area contributed by atoms with E-state index < -0.39 is 0 Å². The summed E-state index contributed by atoms with van der Waals surface area (Å²) in [7, 11) is 0. The molecule has 0 aliphatic rings. The van der Waals surface area contributed by atoms with Gasteiger partial charge in [0.15, 0.2) is 0 Å². The maximum absolute atomic E-state index is 12.8. The Hall–Kier alpha value is -3.78. The fourth-order valence-electron chi connectivity index (χ4n) is 3.02. The minimum absolute atomic E-state index is 0.219. The molecule has 2 aromatic heterocycles. The number of nitrogens with one attached hydrogen (secondary N) is 1. The molecule has 0 aliphatic carbocycles. The van der Waals surface area contributed by atoms with Crippen molar-refractivity contribution in [2.24, 2.45) is 0 Å². The minimum Gasteiger partial charge on any atom is -0.443 e. The number of nitriles is 1. The van der Waals surface area contributed by atoms with Crippen LogP contribution in [0.1, 0.15) is 21.7 Å². The minimum atomic E-state index is -0.364. The summed E-state index contributed by atoms with van der Waals surface area (Å²) in [5, 5.41) is 14.6. The molecule has 1 amide bonds. The van der Waals surface area contributed by atoms with Crippen LogP contribution in [0.4, 0.5) is 5.69 Å². The zero-order valence-electron chi connectivity index (χ0n) is 14.1. The third-order valence-electron chi connectivity index (χ3n) is 4.25. The fraction of sp³-hybridized carbons (Fsp3) is 0.0476. The van der Waals surface area contributed by atoms with Crippen molar-refractivity contribution in [1.82, 2.24) is 4.57 Å². The molecular formula is C21H15N3O2. The first-order chi connectivity index (χ1) is 12.7. The van der Waals surface area contributed by atoms with Crippen LogP contribution in [0.5, 0.6) is 0 Å². The number of benzene rings is 2. The van der Waals surface area contributed by atoms with Gasteiger partial charge in [0.05, 0.1) is 0 Å². The van der Waals surface area contributed by atoms with Crippen molar-refractivity contribution in [2.45, 2.75) is 6.92 Å². The Labute approximate surface area is 150 Å². The van der Waals surface area contributed by atoms with Gasteiger partial charge in [-0.15, -0.1) is 0 Å². The first-order valence-electron chi connectivity index (χ1n) is 8.14. The molecule has 0 aliphatic heterocycles. The van der Waals surface area contributed by atoms with Gasteiger partial charge in [-0.05, 0) is 42.0 Å². The highest BCUT2D eigenvalue weighted by Crippen LogP contribution is 2.27. The van der Waals surface area contributed by atoms with Crippen molar-refractivity contribution in [3.63, 3.8) is 0 Å². The standard InChI is InChI=1S/C21H15N3O2/c1-14-19(18(13-22)21(26-14)24-10-4-5-11-24)20(25)23-17-9-8-15-6-2-3-7-16(15)12-17/h2-12H,1H3,(H,23,25). The van der Waals surface area contributed by atoms with Crippen LogP contribution in [0.15, 0.2) is 71.4 Å². The second kappa shape index (κ2) is 6.26. The van der Waals surface area contributed by atoms with Crippen LogP contribution in [-0.4, -0.2) is 10.5 Å². The van der Waals surface area contributed by atoms with E-state index in [1.54, 1.807) is 23.9 Å². The van der Waals surface area contributed by atoms with Crippen LogP contribution < -0.4 is 5.32 Å². The van der Waals surface area contributed by atoms with Gasteiger partial charge in [0.2, 0.25) is 5.88 Å². The van der Waals surface area contributed by atoms with E-state index in [9.17, 15) is 10.1 Å². The second-order valence-electron chi connectivity index (χ2n) is 5.93. The zero-order chi connectivity index (χ0) is 18.1. The number of hydrogen-bond acceptors (Lipinski definition) is 3. The molecule has 126 valence electrons. The van der Waals surface area contributed by atoms with E-state index in [0.29, 0.717) is 17.3 Å². The fourth-order valence-corrected chi connectivity index (χ4v) is 3.02. The van der Waals surface area contributed by atoms with Gasteiger partial charge < -0.3 is 9.73 Å². The summed E-state index contributed by atoms with van der Waals surface area (Å²) < 4.78 is 7.37. The van der Waals surface area contributed by atoms with Crippen LogP contribution in [0.2, 0.25) is 0 Å². The predicted octanol–water partition coefficient (Wildman–Crippen LogP) is 4.66. The van der Waals surface area contributed by atoms with E-state index in [1.165, 1.54) is 0 Å².